The molecule has 1 unspecified atom stereocenters. The van der Waals surface area contributed by atoms with Crippen LogP contribution in [-0.2, 0) is 16.1 Å². The number of rotatable bonds is 5. The van der Waals surface area contributed by atoms with Crippen LogP contribution in [0.1, 0.15) is 5.56 Å². The monoisotopic (exact) mass is 385 g/mol. The zero-order valence-electron chi connectivity index (χ0n) is 9.47. The fourth-order valence-corrected chi connectivity index (χ4v) is 2.05. The summed E-state index contributed by atoms with van der Waals surface area (Å²) in [6, 6.07) is 2.48. The molecule has 7 heteroatoms. The second kappa shape index (κ2) is 7.16. The van der Waals surface area contributed by atoms with Crippen LogP contribution < -0.4 is 5.32 Å². The molecule has 0 fully saturated rings. The SMILES string of the molecule is COC(=O)C(Br)CNCc1c(F)ccc(Br)c1F. The number of carbonyl (C=O) groups excluding carboxylic acids is 1. The van der Waals surface area contributed by atoms with Gasteiger partial charge in [-0.05, 0) is 28.1 Å². The Labute approximate surface area is 120 Å². The molecule has 0 heterocycles. The molecule has 1 rings (SSSR count). The molecule has 0 spiro atoms. The van der Waals surface area contributed by atoms with Gasteiger partial charge in [0, 0.05) is 18.7 Å². The maximum absolute atomic E-state index is 13.6. The summed E-state index contributed by atoms with van der Waals surface area (Å²) in [6.07, 6.45) is 0. The van der Waals surface area contributed by atoms with E-state index in [0.717, 1.165) is 0 Å². The Kier molecular flexibility index (Phi) is 6.17. The van der Waals surface area contributed by atoms with Gasteiger partial charge in [-0.25, -0.2) is 8.78 Å². The minimum atomic E-state index is -0.647. The Morgan fingerprint density at radius 3 is 2.78 bits per heavy atom. The number of halogens is 4. The van der Waals surface area contributed by atoms with E-state index in [4.69, 9.17) is 0 Å². The van der Waals surface area contributed by atoms with Gasteiger partial charge in [0.2, 0.25) is 0 Å². The third-order valence-corrected chi connectivity index (χ3v) is 3.53. The van der Waals surface area contributed by atoms with Crippen molar-refractivity contribution in [2.45, 2.75) is 11.4 Å². The lowest BCUT2D eigenvalue weighted by molar-refractivity contribution is -0.139. The van der Waals surface area contributed by atoms with Crippen LogP contribution in [0.25, 0.3) is 0 Å². The van der Waals surface area contributed by atoms with Crippen molar-refractivity contribution >= 4 is 37.8 Å². The molecular formula is C11H11Br2F2NO2. The smallest absolute Gasteiger partial charge is 0.320 e. The number of hydrogen-bond acceptors (Lipinski definition) is 3. The van der Waals surface area contributed by atoms with Crippen LogP contribution in [0.5, 0.6) is 0 Å². The van der Waals surface area contributed by atoms with Crippen LogP contribution in [-0.4, -0.2) is 24.5 Å². The summed E-state index contributed by atoms with van der Waals surface area (Å²) in [4.78, 5) is 10.5. The maximum Gasteiger partial charge on any atom is 0.320 e. The van der Waals surface area contributed by atoms with E-state index in [-0.39, 0.29) is 23.1 Å². The van der Waals surface area contributed by atoms with Crippen molar-refractivity contribution in [2.24, 2.45) is 0 Å². The third-order valence-electron chi connectivity index (χ3n) is 2.22. The second-order valence-electron chi connectivity index (χ2n) is 3.44. The molecule has 0 saturated heterocycles. The number of ether oxygens (including phenoxy) is 1. The third kappa shape index (κ3) is 4.00. The van der Waals surface area contributed by atoms with Gasteiger partial charge in [0.05, 0.1) is 11.6 Å². The first-order valence-corrected chi connectivity index (χ1v) is 6.73. The number of nitrogens with one attached hydrogen (secondary N) is 1. The van der Waals surface area contributed by atoms with E-state index in [0.29, 0.717) is 0 Å². The summed E-state index contributed by atoms with van der Waals surface area (Å²) in [7, 11) is 1.27. The maximum atomic E-state index is 13.6. The highest BCUT2D eigenvalue weighted by molar-refractivity contribution is 9.10. The number of benzene rings is 1. The van der Waals surface area contributed by atoms with E-state index in [1.807, 2.05) is 0 Å². The van der Waals surface area contributed by atoms with E-state index in [9.17, 15) is 13.6 Å². The highest BCUT2D eigenvalue weighted by Gasteiger charge is 2.16. The van der Waals surface area contributed by atoms with E-state index in [2.05, 4.69) is 41.9 Å². The topological polar surface area (TPSA) is 38.3 Å². The second-order valence-corrected chi connectivity index (χ2v) is 5.40. The van der Waals surface area contributed by atoms with Crippen molar-refractivity contribution < 1.29 is 18.3 Å². The van der Waals surface area contributed by atoms with E-state index in [1.165, 1.54) is 19.2 Å². The minimum absolute atomic E-state index is 0.0177. The summed E-state index contributed by atoms with van der Waals surface area (Å²) in [5.41, 5.74) is -0.0751. The summed E-state index contributed by atoms with van der Waals surface area (Å²) < 4.78 is 31.7. The van der Waals surface area contributed by atoms with Gasteiger partial charge in [-0.2, -0.15) is 0 Å². The average molecular weight is 387 g/mol. The lowest BCUT2D eigenvalue weighted by atomic mass is 10.2. The number of carbonyl (C=O) groups is 1. The molecule has 0 aliphatic rings. The van der Waals surface area contributed by atoms with Gasteiger partial charge < -0.3 is 10.1 Å². The molecule has 0 amide bonds. The van der Waals surface area contributed by atoms with Crippen LogP contribution in [0.2, 0.25) is 0 Å². The van der Waals surface area contributed by atoms with Crippen molar-refractivity contribution in [3.8, 4) is 0 Å². The Bertz CT molecular complexity index is 443. The number of alkyl halides is 1. The average Bonchev–Trinajstić information content (AvgIpc) is 2.36. The van der Waals surface area contributed by atoms with Crippen molar-refractivity contribution in [1.29, 1.82) is 0 Å². The van der Waals surface area contributed by atoms with Crippen molar-refractivity contribution in [3.05, 3.63) is 33.8 Å². The summed E-state index contributed by atoms with van der Waals surface area (Å²) in [6.45, 7) is 0.189. The molecule has 1 atom stereocenters. The molecule has 1 aromatic carbocycles. The number of methoxy groups -OCH3 is 1. The van der Waals surface area contributed by atoms with E-state index >= 15 is 0 Å². The standard InChI is InChI=1S/C11H11Br2F2NO2/c1-18-11(17)8(13)5-16-4-6-9(14)3-2-7(12)10(6)15/h2-3,8,16H,4-5H2,1H3. The van der Waals surface area contributed by atoms with Crippen molar-refractivity contribution in [3.63, 3.8) is 0 Å². The fraction of sp³-hybridized carbons (Fsp3) is 0.364. The van der Waals surface area contributed by atoms with Gasteiger partial charge in [0.15, 0.2) is 0 Å². The van der Waals surface area contributed by atoms with Gasteiger partial charge in [-0.1, -0.05) is 15.9 Å². The highest BCUT2D eigenvalue weighted by Crippen LogP contribution is 2.21. The van der Waals surface area contributed by atoms with Crippen molar-refractivity contribution in [1.82, 2.24) is 5.32 Å². The van der Waals surface area contributed by atoms with Crippen LogP contribution in [0.4, 0.5) is 8.78 Å². The molecule has 3 nitrogen and oxygen atoms in total. The lowest BCUT2D eigenvalue weighted by Crippen LogP contribution is -2.29. The largest absolute Gasteiger partial charge is 0.468 e. The van der Waals surface area contributed by atoms with Crippen molar-refractivity contribution in [2.75, 3.05) is 13.7 Å². The minimum Gasteiger partial charge on any atom is -0.468 e. The molecule has 0 saturated carbocycles. The highest BCUT2D eigenvalue weighted by atomic mass is 79.9. The summed E-state index contributed by atoms with van der Waals surface area (Å²) in [5, 5.41) is 2.78. The van der Waals surface area contributed by atoms with Gasteiger partial charge in [-0.15, -0.1) is 0 Å². The molecule has 0 aromatic heterocycles. The first-order chi connectivity index (χ1) is 8.47. The fourth-order valence-electron chi connectivity index (χ4n) is 1.27. The Hall–Kier alpha value is -0.530. The molecule has 0 radical (unpaired) electrons. The lowest BCUT2D eigenvalue weighted by Gasteiger charge is -2.10. The van der Waals surface area contributed by atoms with Gasteiger partial charge >= 0.3 is 5.97 Å². The van der Waals surface area contributed by atoms with Crippen LogP contribution in [0, 0.1) is 11.6 Å². The van der Waals surface area contributed by atoms with Gasteiger partial charge in [0.1, 0.15) is 16.5 Å². The predicted octanol–water partition coefficient (Wildman–Crippen LogP) is 2.75. The van der Waals surface area contributed by atoms with Gasteiger partial charge in [-0.3, -0.25) is 4.79 Å². The Morgan fingerprint density at radius 1 is 1.50 bits per heavy atom. The molecule has 100 valence electrons. The zero-order chi connectivity index (χ0) is 13.7. The molecule has 0 bridgehead atoms. The van der Waals surface area contributed by atoms with E-state index in [1.54, 1.807) is 0 Å². The number of esters is 1. The van der Waals surface area contributed by atoms with Crippen LogP contribution >= 0.6 is 31.9 Å². The molecule has 0 aliphatic carbocycles. The van der Waals surface area contributed by atoms with Gasteiger partial charge in [0.25, 0.3) is 0 Å². The summed E-state index contributed by atoms with van der Waals surface area (Å²) in [5.74, 6) is -1.73. The Balaban J connectivity index is 2.59. The molecule has 1 N–H and O–H groups in total. The predicted molar refractivity (Wildman–Crippen MR) is 70.5 cm³/mol. The number of hydrogen-bond donors (Lipinski definition) is 1. The zero-order valence-corrected chi connectivity index (χ0v) is 12.6. The molecule has 1 aromatic rings. The summed E-state index contributed by atoms with van der Waals surface area (Å²) >= 11 is 6.08. The molecule has 0 aliphatic heterocycles. The first kappa shape index (κ1) is 15.5. The van der Waals surface area contributed by atoms with Crippen LogP contribution in [0.3, 0.4) is 0 Å². The normalized spacial score (nSPS) is 12.3. The van der Waals surface area contributed by atoms with E-state index < -0.39 is 22.4 Å². The molecule has 18 heavy (non-hydrogen) atoms. The van der Waals surface area contributed by atoms with Crippen LogP contribution in [0.15, 0.2) is 16.6 Å². The Morgan fingerprint density at radius 2 is 2.17 bits per heavy atom. The quantitative estimate of drug-likeness (QED) is 0.480. The molecular weight excluding hydrogens is 376 g/mol. The first-order valence-electron chi connectivity index (χ1n) is 5.02.